The van der Waals surface area contributed by atoms with Gasteiger partial charge in [0.05, 0.1) is 5.56 Å². The van der Waals surface area contributed by atoms with Gasteiger partial charge in [-0.1, -0.05) is 12.1 Å². The van der Waals surface area contributed by atoms with E-state index in [0.29, 0.717) is 17.6 Å². The lowest BCUT2D eigenvalue weighted by molar-refractivity contribution is -0.131. The molecule has 124 valence electrons. The van der Waals surface area contributed by atoms with Gasteiger partial charge in [-0.2, -0.15) is 0 Å². The number of hydrogen-bond donors (Lipinski definition) is 2. The zero-order valence-electron chi connectivity index (χ0n) is 12.2. The second-order valence-electron chi connectivity index (χ2n) is 4.93. The molecule has 1 unspecified atom stereocenters. The Morgan fingerprint density at radius 2 is 1.79 bits per heavy atom. The third kappa shape index (κ3) is 3.27. The van der Waals surface area contributed by atoms with Gasteiger partial charge in [0, 0.05) is 6.07 Å². The summed E-state index contributed by atoms with van der Waals surface area (Å²) in [7, 11) is 0. The Balaban J connectivity index is 1.59. The van der Waals surface area contributed by atoms with Crippen molar-refractivity contribution >= 4 is 11.8 Å². The molecule has 0 saturated carbocycles. The molecular weight excluding hydrogens is 322 g/mol. The number of hydrazine groups is 1. The van der Waals surface area contributed by atoms with Crippen molar-refractivity contribution in [1.82, 2.24) is 10.9 Å². The molecule has 0 saturated heterocycles. The van der Waals surface area contributed by atoms with E-state index in [0.717, 1.165) is 12.1 Å². The summed E-state index contributed by atoms with van der Waals surface area (Å²) in [5.74, 6) is -2.51. The minimum Gasteiger partial charge on any atom is -0.485 e. The van der Waals surface area contributed by atoms with E-state index in [2.05, 4.69) is 5.43 Å². The lowest BCUT2D eigenvalue weighted by atomic mass is 10.2. The Morgan fingerprint density at radius 3 is 2.54 bits per heavy atom. The highest BCUT2D eigenvalue weighted by molar-refractivity contribution is 5.96. The van der Waals surface area contributed by atoms with E-state index in [1.165, 1.54) is 0 Å². The van der Waals surface area contributed by atoms with Crippen LogP contribution in [0.2, 0.25) is 0 Å². The molecule has 2 amide bonds. The quantitative estimate of drug-likeness (QED) is 0.818. The van der Waals surface area contributed by atoms with Gasteiger partial charge in [0.1, 0.15) is 18.2 Å². The smallest absolute Gasteiger partial charge is 0.283 e. The number of fused-ring (bicyclic) bond motifs is 1. The van der Waals surface area contributed by atoms with E-state index in [1.54, 1.807) is 24.3 Å². The highest BCUT2D eigenvalue weighted by atomic mass is 19.1. The molecule has 0 fully saturated rings. The molecule has 0 spiro atoms. The van der Waals surface area contributed by atoms with Crippen molar-refractivity contribution in [2.45, 2.75) is 6.10 Å². The fourth-order valence-corrected chi connectivity index (χ4v) is 2.09. The molecule has 2 aromatic carbocycles. The van der Waals surface area contributed by atoms with Crippen molar-refractivity contribution in [3.63, 3.8) is 0 Å². The maximum absolute atomic E-state index is 13.5. The van der Waals surface area contributed by atoms with Crippen LogP contribution in [0, 0.1) is 11.6 Å². The van der Waals surface area contributed by atoms with Gasteiger partial charge >= 0.3 is 0 Å². The van der Waals surface area contributed by atoms with Gasteiger partial charge in [-0.15, -0.1) is 0 Å². The first kappa shape index (κ1) is 15.7. The van der Waals surface area contributed by atoms with Crippen molar-refractivity contribution in [3.8, 4) is 11.5 Å². The molecule has 0 aliphatic carbocycles. The number of rotatable bonds is 2. The van der Waals surface area contributed by atoms with Gasteiger partial charge in [-0.25, -0.2) is 8.78 Å². The number of benzene rings is 2. The van der Waals surface area contributed by atoms with E-state index >= 15 is 0 Å². The molecule has 8 heteroatoms. The minimum absolute atomic E-state index is 0.0381. The Morgan fingerprint density at radius 1 is 1.04 bits per heavy atom. The van der Waals surface area contributed by atoms with Crippen molar-refractivity contribution in [2.75, 3.05) is 6.61 Å². The van der Waals surface area contributed by atoms with Gasteiger partial charge in [0.15, 0.2) is 11.5 Å². The van der Waals surface area contributed by atoms with Crippen LogP contribution in [0.25, 0.3) is 0 Å². The van der Waals surface area contributed by atoms with Crippen molar-refractivity contribution in [3.05, 3.63) is 59.7 Å². The molecule has 2 aromatic rings. The molecule has 1 heterocycles. The first-order chi connectivity index (χ1) is 11.5. The number of hydrogen-bond acceptors (Lipinski definition) is 4. The van der Waals surface area contributed by atoms with Crippen LogP contribution >= 0.6 is 0 Å². The highest BCUT2D eigenvalue weighted by Crippen LogP contribution is 2.30. The Bertz CT molecular complexity index is 797. The Hall–Kier alpha value is -3.16. The van der Waals surface area contributed by atoms with Crippen LogP contribution in [-0.4, -0.2) is 24.5 Å². The molecule has 0 radical (unpaired) electrons. The number of halogens is 2. The average Bonchev–Trinajstić information content (AvgIpc) is 2.59. The maximum atomic E-state index is 13.5. The largest absolute Gasteiger partial charge is 0.485 e. The molecule has 2 N–H and O–H groups in total. The standard InChI is InChI=1S/C16H12F2N2O4/c17-9-5-6-10(11(18)7-9)15(21)19-20-16(22)14-8-23-12-3-1-2-4-13(12)24-14/h1-7,14H,8H2,(H,19,21)(H,20,22). The Kier molecular flexibility index (Phi) is 4.28. The Labute approximate surface area is 135 Å². The van der Waals surface area contributed by atoms with Crippen molar-refractivity contribution < 1.29 is 27.8 Å². The number of amides is 2. The minimum atomic E-state index is -1.03. The summed E-state index contributed by atoms with van der Waals surface area (Å²) >= 11 is 0. The molecule has 3 rings (SSSR count). The molecule has 0 bridgehead atoms. The molecular formula is C16H12F2N2O4. The van der Waals surface area contributed by atoms with Crippen molar-refractivity contribution in [2.24, 2.45) is 0 Å². The zero-order valence-corrected chi connectivity index (χ0v) is 12.2. The van der Waals surface area contributed by atoms with E-state index in [-0.39, 0.29) is 6.61 Å². The SMILES string of the molecule is O=C(NNC(=O)C1COc2ccccc2O1)c1ccc(F)cc1F. The maximum Gasteiger partial charge on any atom is 0.283 e. The first-order valence-corrected chi connectivity index (χ1v) is 6.98. The second kappa shape index (κ2) is 6.53. The van der Waals surface area contributed by atoms with Crippen LogP contribution in [0.5, 0.6) is 11.5 Å². The molecule has 1 aliphatic heterocycles. The third-order valence-electron chi connectivity index (χ3n) is 3.28. The first-order valence-electron chi connectivity index (χ1n) is 6.98. The molecule has 1 aliphatic rings. The van der Waals surface area contributed by atoms with Crippen LogP contribution in [0.3, 0.4) is 0 Å². The van der Waals surface area contributed by atoms with E-state index in [4.69, 9.17) is 9.47 Å². The van der Waals surface area contributed by atoms with Gasteiger partial charge in [-0.05, 0) is 24.3 Å². The molecule has 0 aromatic heterocycles. The van der Waals surface area contributed by atoms with Gasteiger partial charge in [-0.3, -0.25) is 20.4 Å². The summed E-state index contributed by atoms with van der Waals surface area (Å²) in [6.07, 6.45) is -0.974. The molecule has 6 nitrogen and oxygen atoms in total. The number of carbonyl (C=O) groups is 2. The normalized spacial score (nSPS) is 15.5. The van der Waals surface area contributed by atoms with Crippen LogP contribution in [0.15, 0.2) is 42.5 Å². The van der Waals surface area contributed by atoms with Gasteiger partial charge in [0.25, 0.3) is 11.8 Å². The topological polar surface area (TPSA) is 76.7 Å². The second-order valence-corrected chi connectivity index (χ2v) is 4.93. The summed E-state index contributed by atoms with van der Waals surface area (Å²) in [6, 6.07) is 9.31. The number of ether oxygens (including phenoxy) is 2. The fraction of sp³-hybridized carbons (Fsp3) is 0.125. The number of para-hydroxylation sites is 2. The predicted molar refractivity (Wildman–Crippen MR) is 78.3 cm³/mol. The van der Waals surface area contributed by atoms with Crippen LogP contribution in [-0.2, 0) is 4.79 Å². The van der Waals surface area contributed by atoms with Crippen LogP contribution < -0.4 is 20.3 Å². The van der Waals surface area contributed by atoms with E-state index in [1.807, 2.05) is 5.43 Å². The van der Waals surface area contributed by atoms with Gasteiger partial charge < -0.3 is 9.47 Å². The fourth-order valence-electron chi connectivity index (χ4n) is 2.09. The van der Waals surface area contributed by atoms with Gasteiger partial charge in [0.2, 0.25) is 6.10 Å². The van der Waals surface area contributed by atoms with Crippen LogP contribution in [0.4, 0.5) is 8.78 Å². The van der Waals surface area contributed by atoms with E-state index < -0.39 is 35.1 Å². The summed E-state index contributed by atoms with van der Waals surface area (Å²) < 4.78 is 37.1. The highest BCUT2D eigenvalue weighted by Gasteiger charge is 2.27. The monoisotopic (exact) mass is 334 g/mol. The lowest BCUT2D eigenvalue weighted by Gasteiger charge is -2.25. The molecule has 1 atom stereocenters. The summed E-state index contributed by atoms with van der Waals surface area (Å²) in [4.78, 5) is 23.8. The zero-order chi connectivity index (χ0) is 17.1. The van der Waals surface area contributed by atoms with Crippen molar-refractivity contribution in [1.29, 1.82) is 0 Å². The predicted octanol–water partition coefficient (Wildman–Crippen LogP) is 1.57. The summed E-state index contributed by atoms with van der Waals surface area (Å²) in [5, 5.41) is 0. The number of nitrogens with one attached hydrogen (secondary N) is 2. The van der Waals surface area contributed by atoms with E-state index in [9.17, 15) is 18.4 Å². The average molecular weight is 334 g/mol. The summed E-state index contributed by atoms with van der Waals surface area (Å²) in [6.45, 7) is -0.0381. The van der Waals surface area contributed by atoms with Crippen LogP contribution in [0.1, 0.15) is 10.4 Å². The lowest BCUT2D eigenvalue weighted by Crippen LogP contribution is -2.51. The number of carbonyl (C=O) groups excluding carboxylic acids is 2. The molecule has 24 heavy (non-hydrogen) atoms. The third-order valence-corrected chi connectivity index (χ3v) is 3.28. The summed E-state index contributed by atoms with van der Waals surface area (Å²) in [5.41, 5.74) is 3.76.